The van der Waals surface area contributed by atoms with E-state index < -0.39 is 11.6 Å². The molecule has 0 unspecified atom stereocenters. The maximum Gasteiger partial charge on any atom is 0.335 e. The predicted octanol–water partition coefficient (Wildman–Crippen LogP) is 0.775. The number of hydrogen-bond donors (Lipinski definition) is 0. The van der Waals surface area contributed by atoms with Gasteiger partial charge in [0.1, 0.15) is 0 Å². The molecule has 1 aliphatic heterocycles. The fourth-order valence-corrected chi connectivity index (χ4v) is 1.12. The first-order valence-corrected chi connectivity index (χ1v) is 4.15. The van der Waals surface area contributed by atoms with Crippen LogP contribution in [0.5, 0.6) is 0 Å². The number of rotatable bonds is 0. The van der Waals surface area contributed by atoms with Crippen molar-refractivity contribution in [3.8, 4) is 0 Å². The van der Waals surface area contributed by atoms with Crippen molar-refractivity contribution in [2.75, 3.05) is 12.4 Å². The molecule has 0 aromatic rings. The third-order valence-electron chi connectivity index (χ3n) is 0.789. The van der Waals surface area contributed by atoms with Crippen molar-refractivity contribution in [2.45, 2.75) is 12.8 Å². The SMILES string of the molecule is C1CCSOC1.O=S=O. The molecule has 3 nitrogen and oxygen atoms in total. The molecule has 0 spiro atoms. The van der Waals surface area contributed by atoms with Crippen molar-refractivity contribution in [2.24, 2.45) is 0 Å². The average Bonchev–Trinajstić information content (AvgIpc) is 1.93. The van der Waals surface area contributed by atoms with Crippen LogP contribution >= 0.6 is 12.0 Å². The molecule has 0 aromatic heterocycles. The summed E-state index contributed by atoms with van der Waals surface area (Å²) >= 11 is 0.845. The van der Waals surface area contributed by atoms with Crippen LogP contribution < -0.4 is 0 Å². The van der Waals surface area contributed by atoms with E-state index >= 15 is 0 Å². The Morgan fingerprint density at radius 2 is 2.00 bits per heavy atom. The Morgan fingerprint density at radius 1 is 1.33 bits per heavy atom. The molecule has 0 amide bonds. The highest BCUT2D eigenvalue weighted by molar-refractivity contribution is 7.94. The van der Waals surface area contributed by atoms with Crippen molar-refractivity contribution in [1.29, 1.82) is 0 Å². The predicted molar refractivity (Wildman–Crippen MR) is 36.6 cm³/mol. The monoisotopic (exact) mass is 168 g/mol. The van der Waals surface area contributed by atoms with Gasteiger partial charge in [0.2, 0.25) is 0 Å². The maximum atomic E-state index is 8.29. The minimum absolute atomic E-state index is 0.750. The zero-order valence-corrected chi connectivity index (χ0v) is 6.50. The van der Waals surface area contributed by atoms with Crippen LogP contribution in [0.25, 0.3) is 0 Å². The normalized spacial score (nSPS) is 17.3. The molecule has 1 fully saturated rings. The van der Waals surface area contributed by atoms with Gasteiger partial charge in [0.25, 0.3) is 0 Å². The van der Waals surface area contributed by atoms with E-state index in [2.05, 4.69) is 0 Å². The Labute approximate surface area is 62.0 Å². The molecule has 0 radical (unpaired) electrons. The van der Waals surface area contributed by atoms with E-state index in [9.17, 15) is 0 Å². The fourth-order valence-electron chi connectivity index (χ4n) is 0.440. The molecular weight excluding hydrogens is 160 g/mol. The van der Waals surface area contributed by atoms with E-state index in [1.54, 1.807) is 12.0 Å². The third-order valence-corrected chi connectivity index (χ3v) is 1.58. The molecule has 0 N–H and O–H groups in total. The second-order valence-corrected chi connectivity index (χ2v) is 2.43. The highest BCUT2D eigenvalue weighted by Crippen LogP contribution is 2.12. The lowest BCUT2D eigenvalue weighted by molar-refractivity contribution is 0.346. The lowest BCUT2D eigenvalue weighted by Gasteiger charge is -2.06. The minimum atomic E-state index is -0.750. The summed E-state index contributed by atoms with van der Waals surface area (Å²) in [5.74, 6) is 1.19. The molecule has 1 aliphatic rings. The van der Waals surface area contributed by atoms with Gasteiger partial charge in [-0.1, -0.05) is 0 Å². The summed E-state index contributed by atoms with van der Waals surface area (Å²) in [6, 6.07) is 0. The maximum absolute atomic E-state index is 8.29. The topological polar surface area (TPSA) is 43.4 Å². The quantitative estimate of drug-likeness (QED) is 0.501. The molecular formula is C4H8O3S2. The molecule has 1 rings (SSSR count). The van der Waals surface area contributed by atoms with Crippen molar-refractivity contribution in [3.63, 3.8) is 0 Å². The zero-order chi connectivity index (χ0) is 6.95. The summed E-state index contributed by atoms with van der Waals surface area (Å²) < 4.78 is 21.6. The summed E-state index contributed by atoms with van der Waals surface area (Å²) in [4.78, 5) is 0. The summed E-state index contributed by atoms with van der Waals surface area (Å²) in [5, 5.41) is 0. The van der Waals surface area contributed by atoms with Crippen molar-refractivity contribution < 1.29 is 12.6 Å². The second-order valence-electron chi connectivity index (χ2n) is 1.42. The smallest absolute Gasteiger partial charge is 0.315 e. The van der Waals surface area contributed by atoms with Crippen LogP contribution in [0.15, 0.2) is 0 Å². The Hall–Kier alpha value is 0.130. The Bertz CT molecular complexity index is 74.3. The first-order valence-electron chi connectivity index (χ1n) is 2.58. The summed E-state index contributed by atoms with van der Waals surface area (Å²) in [7, 11) is 0. The van der Waals surface area contributed by atoms with Crippen molar-refractivity contribution in [1.82, 2.24) is 0 Å². The van der Waals surface area contributed by atoms with Crippen LogP contribution in [0.1, 0.15) is 12.8 Å². The first-order chi connectivity index (χ1) is 4.41. The van der Waals surface area contributed by atoms with E-state index in [1.807, 2.05) is 0 Å². The minimum Gasteiger partial charge on any atom is -0.315 e. The Morgan fingerprint density at radius 3 is 2.11 bits per heavy atom. The summed E-state index contributed by atoms with van der Waals surface area (Å²) in [5.41, 5.74) is 0. The lowest BCUT2D eigenvalue weighted by atomic mass is 10.4. The van der Waals surface area contributed by atoms with Gasteiger partial charge in [0.15, 0.2) is 0 Å². The average molecular weight is 168 g/mol. The number of hydrogen-bond acceptors (Lipinski definition) is 4. The van der Waals surface area contributed by atoms with E-state index in [4.69, 9.17) is 12.6 Å². The third kappa shape index (κ3) is 8.13. The van der Waals surface area contributed by atoms with Gasteiger partial charge in [0, 0.05) is 5.75 Å². The van der Waals surface area contributed by atoms with Crippen LogP contribution in [0.4, 0.5) is 0 Å². The molecule has 1 heterocycles. The van der Waals surface area contributed by atoms with Gasteiger partial charge in [-0.15, -0.1) is 0 Å². The molecule has 0 saturated carbocycles. The van der Waals surface area contributed by atoms with E-state index in [1.165, 1.54) is 18.6 Å². The highest BCUT2D eigenvalue weighted by Gasteiger charge is 1.96. The van der Waals surface area contributed by atoms with E-state index in [-0.39, 0.29) is 0 Å². The van der Waals surface area contributed by atoms with Gasteiger partial charge in [-0.25, -0.2) is 0 Å². The van der Waals surface area contributed by atoms with Gasteiger partial charge in [-0.05, 0) is 24.9 Å². The lowest BCUT2D eigenvalue weighted by Crippen LogP contribution is -1.95. The molecule has 0 aromatic carbocycles. The van der Waals surface area contributed by atoms with Crippen molar-refractivity contribution >= 4 is 23.6 Å². The Balaban J connectivity index is 0.000000187. The molecule has 9 heavy (non-hydrogen) atoms. The summed E-state index contributed by atoms with van der Waals surface area (Å²) in [6.45, 7) is 0.963. The van der Waals surface area contributed by atoms with Crippen molar-refractivity contribution in [3.05, 3.63) is 0 Å². The van der Waals surface area contributed by atoms with Gasteiger partial charge >= 0.3 is 11.6 Å². The molecule has 0 aliphatic carbocycles. The fraction of sp³-hybridized carbons (Fsp3) is 1.00. The summed E-state index contributed by atoms with van der Waals surface area (Å²) in [6.07, 6.45) is 2.59. The van der Waals surface area contributed by atoms with Crippen LogP contribution in [0, 0.1) is 0 Å². The van der Waals surface area contributed by atoms with Crippen LogP contribution in [-0.2, 0) is 15.8 Å². The molecule has 5 heteroatoms. The Kier molecular flexibility index (Phi) is 8.25. The van der Waals surface area contributed by atoms with Crippen LogP contribution in [-0.4, -0.2) is 20.8 Å². The molecule has 54 valence electrons. The molecule has 0 atom stereocenters. The van der Waals surface area contributed by atoms with E-state index in [0.29, 0.717) is 0 Å². The van der Waals surface area contributed by atoms with Gasteiger partial charge in [0.05, 0.1) is 6.61 Å². The molecule has 0 bridgehead atoms. The molecule has 1 saturated heterocycles. The highest BCUT2D eigenvalue weighted by atomic mass is 32.2. The van der Waals surface area contributed by atoms with Crippen LogP contribution in [0.2, 0.25) is 0 Å². The van der Waals surface area contributed by atoms with Crippen LogP contribution in [0.3, 0.4) is 0 Å². The zero-order valence-electron chi connectivity index (χ0n) is 4.87. The first kappa shape index (κ1) is 9.13. The van der Waals surface area contributed by atoms with Gasteiger partial charge < -0.3 is 4.18 Å². The largest absolute Gasteiger partial charge is 0.335 e. The van der Waals surface area contributed by atoms with Gasteiger partial charge in [-0.3, -0.25) is 0 Å². The van der Waals surface area contributed by atoms with Gasteiger partial charge in [-0.2, -0.15) is 8.42 Å². The standard InChI is InChI=1S/C4H8OS.O2S/c1-2-4-6-5-3-1;1-3-2/h1-4H2;. The second kappa shape index (κ2) is 8.13. The van der Waals surface area contributed by atoms with E-state index in [0.717, 1.165) is 6.61 Å².